The Morgan fingerprint density at radius 1 is 1.61 bits per heavy atom. The average molecular weight is 301 g/mol. The van der Waals surface area contributed by atoms with Crippen molar-refractivity contribution in [2.45, 2.75) is 25.4 Å². The summed E-state index contributed by atoms with van der Waals surface area (Å²) in [4.78, 5) is 3.33. The lowest BCUT2D eigenvalue weighted by Gasteiger charge is -2.17. The van der Waals surface area contributed by atoms with E-state index in [1.54, 1.807) is 11.3 Å². The molecule has 0 aromatic carbocycles. The van der Waals surface area contributed by atoms with Crippen LogP contribution in [0.3, 0.4) is 0 Å². The van der Waals surface area contributed by atoms with E-state index in [9.17, 15) is 0 Å². The molecule has 1 saturated carbocycles. The largest absolute Gasteiger partial charge is 0.339 e. The highest BCUT2D eigenvalue weighted by Crippen LogP contribution is 2.38. The van der Waals surface area contributed by atoms with Gasteiger partial charge in [-0.25, -0.2) is 5.10 Å². The molecule has 96 valence electrons. The number of hydrogen-bond donors (Lipinski definition) is 1. The van der Waals surface area contributed by atoms with E-state index >= 15 is 0 Å². The van der Waals surface area contributed by atoms with Crippen LogP contribution < -0.4 is 4.90 Å². The normalized spacial score (nSPS) is 15.0. The Morgan fingerprint density at radius 3 is 3.00 bits per heavy atom. The zero-order chi connectivity index (χ0) is 12.7. The van der Waals surface area contributed by atoms with Crippen molar-refractivity contribution in [2.75, 3.05) is 11.9 Å². The van der Waals surface area contributed by atoms with Crippen molar-refractivity contribution in [3.05, 3.63) is 26.1 Å². The molecule has 18 heavy (non-hydrogen) atoms. The standard InChI is InChI=1S/C11H13ClN4S2/c1-15(6-8-4-5-9(12)18-8)10-13-14-11(17)16(10)7-2-3-7/h4-5,7H,2-3,6H2,1H3,(H,14,17). The quantitative estimate of drug-likeness (QED) is 0.876. The Bertz CT molecular complexity index is 611. The molecule has 2 aromatic heterocycles. The monoisotopic (exact) mass is 300 g/mol. The molecule has 0 amide bonds. The van der Waals surface area contributed by atoms with Crippen LogP contribution in [0.25, 0.3) is 0 Å². The fraction of sp³-hybridized carbons (Fsp3) is 0.455. The maximum absolute atomic E-state index is 5.94. The molecule has 3 rings (SSSR count). The van der Waals surface area contributed by atoms with Gasteiger partial charge in [0.2, 0.25) is 5.95 Å². The van der Waals surface area contributed by atoms with Crippen LogP contribution in [0.1, 0.15) is 23.8 Å². The summed E-state index contributed by atoms with van der Waals surface area (Å²) in [5, 5.41) is 7.21. The molecule has 4 nitrogen and oxygen atoms in total. The molecule has 0 saturated heterocycles. The van der Waals surface area contributed by atoms with E-state index in [2.05, 4.69) is 19.7 Å². The van der Waals surface area contributed by atoms with Crippen molar-refractivity contribution in [1.29, 1.82) is 0 Å². The van der Waals surface area contributed by atoms with Crippen molar-refractivity contribution in [2.24, 2.45) is 0 Å². The highest BCUT2D eigenvalue weighted by atomic mass is 35.5. The van der Waals surface area contributed by atoms with E-state index in [1.807, 2.05) is 19.2 Å². The van der Waals surface area contributed by atoms with E-state index in [0.717, 1.165) is 16.8 Å². The Labute approximate surface area is 119 Å². The lowest BCUT2D eigenvalue weighted by molar-refractivity contribution is 0.702. The van der Waals surface area contributed by atoms with Crippen molar-refractivity contribution < 1.29 is 0 Å². The maximum atomic E-state index is 5.94. The molecular weight excluding hydrogens is 288 g/mol. The van der Waals surface area contributed by atoms with Gasteiger partial charge in [-0.15, -0.1) is 16.4 Å². The maximum Gasteiger partial charge on any atom is 0.226 e. The van der Waals surface area contributed by atoms with Crippen LogP contribution in [0.4, 0.5) is 5.95 Å². The number of anilines is 1. The molecule has 2 heterocycles. The van der Waals surface area contributed by atoms with E-state index in [4.69, 9.17) is 23.8 Å². The highest BCUT2D eigenvalue weighted by Gasteiger charge is 2.28. The Hall–Kier alpha value is -0.850. The molecule has 0 aliphatic heterocycles. The second-order valence-corrected chi connectivity index (χ2v) is 6.68. The molecule has 0 radical (unpaired) electrons. The molecule has 0 unspecified atom stereocenters. The van der Waals surface area contributed by atoms with Gasteiger partial charge in [-0.2, -0.15) is 0 Å². The lowest BCUT2D eigenvalue weighted by Crippen LogP contribution is -2.20. The number of nitrogens with one attached hydrogen (secondary N) is 1. The minimum absolute atomic E-state index is 0.528. The summed E-state index contributed by atoms with van der Waals surface area (Å²) < 4.78 is 3.65. The van der Waals surface area contributed by atoms with Gasteiger partial charge in [0.1, 0.15) is 0 Å². The van der Waals surface area contributed by atoms with Gasteiger partial charge < -0.3 is 4.90 Å². The third-order valence-electron chi connectivity index (χ3n) is 2.96. The first-order chi connectivity index (χ1) is 8.65. The topological polar surface area (TPSA) is 36.9 Å². The van der Waals surface area contributed by atoms with Crippen LogP contribution in [0.2, 0.25) is 4.34 Å². The van der Waals surface area contributed by atoms with Gasteiger partial charge in [-0.3, -0.25) is 4.57 Å². The third kappa shape index (κ3) is 2.32. The summed E-state index contributed by atoms with van der Waals surface area (Å²) in [6, 6.07) is 4.50. The van der Waals surface area contributed by atoms with Crippen molar-refractivity contribution >= 4 is 41.1 Å². The number of H-pyrrole nitrogens is 1. The number of aromatic amines is 1. The number of halogens is 1. The molecule has 0 atom stereocenters. The van der Waals surface area contributed by atoms with Gasteiger partial charge in [0.05, 0.1) is 10.9 Å². The number of nitrogens with zero attached hydrogens (tertiary/aromatic N) is 3. The number of thiophene rings is 1. The fourth-order valence-electron chi connectivity index (χ4n) is 1.97. The molecule has 1 N–H and O–H groups in total. The molecule has 2 aromatic rings. The predicted octanol–water partition coefficient (Wildman–Crippen LogP) is 3.63. The molecular formula is C11H13ClN4S2. The molecule has 1 fully saturated rings. The zero-order valence-electron chi connectivity index (χ0n) is 9.89. The first kappa shape index (κ1) is 12.2. The first-order valence-corrected chi connectivity index (χ1v) is 7.37. The summed E-state index contributed by atoms with van der Waals surface area (Å²) in [5.41, 5.74) is 0. The van der Waals surface area contributed by atoms with Gasteiger partial charge in [0, 0.05) is 18.0 Å². The molecule has 0 spiro atoms. The molecule has 7 heteroatoms. The molecule has 1 aliphatic rings. The predicted molar refractivity (Wildman–Crippen MR) is 77.1 cm³/mol. The van der Waals surface area contributed by atoms with Crippen LogP contribution in [0.5, 0.6) is 0 Å². The van der Waals surface area contributed by atoms with Gasteiger partial charge in [0.15, 0.2) is 4.77 Å². The van der Waals surface area contributed by atoms with Crippen LogP contribution >= 0.6 is 35.2 Å². The summed E-state index contributed by atoms with van der Waals surface area (Å²) in [7, 11) is 2.03. The summed E-state index contributed by atoms with van der Waals surface area (Å²) in [6.45, 7) is 0.795. The Balaban J connectivity index is 1.83. The van der Waals surface area contributed by atoms with Gasteiger partial charge in [-0.1, -0.05) is 11.6 Å². The minimum Gasteiger partial charge on any atom is -0.339 e. The summed E-state index contributed by atoms with van der Waals surface area (Å²) in [6.07, 6.45) is 2.39. The molecule has 1 aliphatic carbocycles. The number of aromatic nitrogens is 3. The first-order valence-electron chi connectivity index (χ1n) is 5.77. The van der Waals surface area contributed by atoms with Crippen molar-refractivity contribution in [3.8, 4) is 0 Å². The average Bonchev–Trinajstić information content (AvgIpc) is 2.97. The van der Waals surface area contributed by atoms with E-state index < -0.39 is 0 Å². The lowest BCUT2D eigenvalue weighted by atomic mass is 10.4. The smallest absolute Gasteiger partial charge is 0.226 e. The van der Waals surface area contributed by atoms with Gasteiger partial charge in [-0.05, 0) is 37.2 Å². The van der Waals surface area contributed by atoms with E-state index in [-0.39, 0.29) is 0 Å². The van der Waals surface area contributed by atoms with Crippen LogP contribution in [-0.4, -0.2) is 21.8 Å². The molecule has 0 bridgehead atoms. The summed E-state index contributed by atoms with van der Waals surface area (Å²) in [5.74, 6) is 0.909. The Kier molecular flexibility index (Phi) is 3.17. The van der Waals surface area contributed by atoms with Crippen LogP contribution in [0.15, 0.2) is 12.1 Å². The van der Waals surface area contributed by atoms with E-state index in [1.165, 1.54) is 17.7 Å². The second-order valence-electron chi connectivity index (χ2n) is 4.49. The van der Waals surface area contributed by atoms with Crippen molar-refractivity contribution in [1.82, 2.24) is 14.8 Å². The van der Waals surface area contributed by atoms with Gasteiger partial charge >= 0.3 is 0 Å². The van der Waals surface area contributed by atoms with Crippen LogP contribution in [-0.2, 0) is 6.54 Å². The highest BCUT2D eigenvalue weighted by molar-refractivity contribution is 7.71. The Morgan fingerprint density at radius 2 is 2.39 bits per heavy atom. The SMILES string of the molecule is CN(Cc1ccc(Cl)s1)c1n[nH]c(=S)n1C1CC1. The minimum atomic E-state index is 0.528. The van der Waals surface area contributed by atoms with Gasteiger partial charge in [0.25, 0.3) is 0 Å². The second kappa shape index (κ2) is 4.68. The number of hydrogen-bond acceptors (Lipinski definition) is 4. The summed E-state index contributed by atoms with van der Waals surface area (Å²) >= 11 is 12.8. The third-order valence-corrected chi connectivity index (χ3v) is 4.47. The van der Waals surface area contributed by atoms with Crippen molar-refractivity contribution in [3.63, 3.8) is 0 Å². The fourth-order valence-corrected chi connectivity index (χ4v) is 3.39. The number of rotatable bonds is 4. The zero-order valence-corrected chi connectivity index (χ0v) is 12.3. The van der Waals surface area contributed by atoms with E-state index in [0.29, 0.717) is 10.8 Å². The van der Waals surface area contributed by atoms with Crippen LogP contribution in [0, 0.1) is 4.77 Å².